The molecule has 2 aliphatic rings. The summed E-state index contributed by atoms with van der Waals surface area (Å²) in [5.74, 6) is 0.744. The molecule has 2 aromatic heterocycles. The number of urea groups is 1. The van der Waals surface area contributed by atoms with Crippen molar-refractivity contribution in [3.63, 3.8) is 0 Å². The Kier molecular flexibility index (Phi) is 5.50. The zero-order valence-corrected chi connectivity index (χ0v) is 16.6. The van der Waals surface area contributed by atoms with Gasteiger partial charge in [0.15, 0.2) is 0 Å². The van der Waals surface area contributed by atoms with Gasteiger partial charge in [-0.15, -0.1) is 0 Å². The van der Waals surface area contributed by atoms with Gasteiger partial charge in [-0.25, -0.2) is 4.79 Å². The van der Waals surface area contributed by atoms with Gasteiger partial charge in [0.1, 0.15) is 0 Å². The highest BCUT2D eigenvalue weighted by molar-refractivity contribution is 7.08. The van der Waals surface area contributed by atoms with Crippen molar-refractivity contribution in [3.8, 4) is 0 Å². The number of aromatic nitrogens is 2. The van der Waals surface area contributed by atoms with E-state index in [4.69, 9.17) is 0 Å². The van der Waals surface area contributed by atoms with Crippen molar-refractivity contribution in [1.29, 1.82) is 0 Å². The second-order valence-corrected chi connectivity index (χ2v) is 8.66. The number of aliphatic hydroxyl groups excluding tert-OH is 1. The monoisotopic (exact) mass is 388 g/mol. The molecule has 2 N–H and O–H groups in total. The molecule has 2 aromatic rings. The number of likely N-dealkylation sites (tertiary alicyclic amines) is 1. The van der Waals surface area contributed by atoms with Crippen LogP contribution in [0.15, 0.2) is 23.0 Å². The number of carbonyl (C=O) groups excluding carboxylic acids is 1. The number of amides is 2. The van der Waals surface area contributed by atoms with Crippen molar-refractivity contribution < 1.29 is 9.90 Å². The van der Waals surface area contributed by atoms with Crippen LogP contribution >= 0.6 is 11.3 Å². The Balaban J connectivity index is 1.46. The zero-order valence-electron chi connectivity index (χ0n) is 15.8. The minimum absolute atomic E-state index is 0.0868. The van der Waals surface area contributed by atoms with E-state index < -0.39 is 0 Å². The molecule has 1 saturated carbocycles. The highest BCUT2D eigenvalue weighted by atomic mass is 32.1. The molecule has 146 valence electrons. The minimum atomic E-state index is -0.0868. The van der Waals surface area contributed by atoms with Gasteiger partial charge in [-0.3, -0.25) is 4.68 Å². The Morgan fingerprint density at radius 3 is 2.85 bits per heavy atom. The highest BCUT2D eigenvalue weighted by Crippen LogP contribution is 2.37. The number of hydrogen-bond donors (Lipinski definition) is 2. The van der Waals surface area contributed by atoms with Gasteiger partial charge in [0.05, 0.1) is 11.4 Å². The van der Waals surface area contributed by atoms with Crippen molar-refractivity contribution in [1.82, 2.24) is 14.7 Å². The number of nitrogens with one attached hydrogen (secondary N) is 1. The molecule has 1 aliphatic carbocycles. The predicted molar refractivity (Wildman–Crippen MR) is 107 cm³/mol. The lowest BCUT2D eigenvalue weighted by Gasteiger charge is -2.22. The number of anilines is 1. The highest BCUT2D eigenvalue weighted by Gasteiger charge is 2.36. The van der Waals surface area contributed by atoms with E-state index in [0.717, 1.165) is 24.2 Å². The van der Waals surface area contributed by atoms with E-state index in [-0.39, 0.29) is 24.5 Å². The Labute approximate surface area is 164 Å². The third kappa shape index (κ3) is 3.89. The third-order valence-corrected chi connectivity index (χ3v) is 6.73. The van der Waals surface area contributed by atoms with Gasteiger partial charge in [-0.1, -0.05) is 19.3 Å². The van der Waals surface area contributed by atoms with Crippen LogP contribution < -0.4 is 5.32 Å². The van der Waals surface area contributed by atoms with Crippen molar-refractivity contribution in [2.75, 3.05) is 25.0 Å². The maximum absolute atomic E-state index is 12.9. The van der Waals surface area contributed by atoms with Crippen molar-refractivity contribution in [3.05, 3.63) is 34.3 Å². The lowest BCUT2D eigenvalue weighted by Crippen LogP contribution is -2.33. The normalized spacial score (nSPS) is 23.7. The van der Waals surface area contributed by atoms with Crippen LogP contribution in [0.2, 0.25) is 0 Å². The minimum Gasteiger partial charge on any atom is -0.396 e. The molecule has 0 unspecified atom stereocenters. The summed E-state index contributed by atoms with van der Waals surface area (Å²) in [7, 11) is 1.91. The van der Waals surface area contributed by atoms with Crippen LogP contribution in [-0.2, 0) is 7.05 Å². The van der Waals surface area contributed by atoms with Crippen LogP contribution in [0.5, 0.6) is 0 Å². The molecule has 6 nitrogen and oxygen atoms in total. The molecule has 1 saturated heterocycles. The molecule has 0 bridgehead atoms. The molecular weight excluding hydrogens is 360 g/mol. The van der Waals surface area contributed by atoms with Gasteiger partial charge < -0.3 is 15.3 Å². The molecule has 4 rings (SSSR count). The van der Waals surface area contributed by atoms with Crippen molar-refractivity contribution in [2.24, 2.45) is 13.0 Å². The second kappa shape index (κ2) is 8.02. The van der Waals surface area contributed by atoms with Gasteiger partial charge in [-0.2, -0.15) is 16.4 Å². The average molecular weight is 389 g/mol. The van der Waals surface area contributed by atoms with Crippen LogP contribution in [0, 0.1) is 5.92 Å². The standard InChI is InChI=1S/C20H28N4O2S/c1-23-11-18(19(22-23)14-5-3-2-4-6-14)21-20(26)24-9-16(12-25)17(10-24)15-7-8-27-13-15/h7-8,11,13-14,16-17,25H,2-6,9-10,12H2,1H3,(H,21,26)/t16-,17-/m0/s1. The predicted octanol–water partition coefficient (Wildman–Crippen LogP) is 3.77. The van der Waals surface area contributed by atoms with Crippen LogP contribution in [0.1, 0.15) is 55.2 Å². The first-order chi connectivity index (χ1) is 13.2. The fourth-order valence-electron chi connectivity index (χ4n) is 4.56. The average Bonchev–Trinajstić information content (AvgIpc) is 3.41. The molecule has 1 aliphatic heterocycles. The number of nitrogens with zero attached hydrogens (tertiary/aromatic N) is 3. The van der Waals surface area contributed by atoms with E-state index in [2.05, 4.69) is 27.2 Å². The van der Waals surface area contributed by atoms with E-state index >= 15 is 0 Å². The SMILES string of the molecule is Cn1cc(NC(=O)N2C[C@@H](CO)[C@H](c3ccsc3)C2)c(C2CCCCC2)n1. The maximum atomic E-state index is 12.9. The lowest BCUT2D eigenvalue weighted by molar-refractivity contribution is 0.206. The van der Waals surface area contributed by atoms with Crippen LogP contribution in [0.25, 0.3) is 0 Å². The van der Waals surface area contributed by atoms with E-state index in [1.54, 1.807) is 16.0 Å². The zero-order chi connectivity index (χ0) is 18.8. The van der Waals surface area contributed by atoms with E-state index in [9.17, 15) is 9.90 Å². The number of hydrogen-bond acceptors (Lipinski definition) is 4. The van der Waals surface area contributed by atoms with Gasteiger partial charge in [0.25, 0.3) is 0 Å². The Bertz CT molecular complexity index is 767. The summed E-state index contributed by atoms with van der Waals surface area (Å²) in [4.78, 5) is 14.8. The van der Waals surface area contributed by atoms with Crippen LogP contribution in [0.3, 0.4) is 0 Å². The van der Waals surface area contributed by atoms with Crippen LogP contribution in [0.4, 0.5) is 10.5 Å². The molecular formula is C20H28N4O2S. The topological polar surface area (TPSA) is 70.4 Å². The van der Waals surface area contributed by atoms with Crippen molar-refractivity contribution >= 4 is 23.1 Å². The van der Waals surface area contributed by atoms with Gasteiger partial charge in [0, 0.05) is 50.7 Å². The lowest BCUT2D eigenvalue weighted by atomic mass is 9.86. The smallest absolute Gasteiger partial charge is 0.321 e. The van der Waals surface area contributed by atoms with Gasteiger partial charge in [0.2, 0.25) is 0 Å². The fraction of sp³-hybridized carbons (Fsp3) is 0.600. The molecule has 0 radical (unpaired) electrons. The Hall–Kier alpha value is -1.86. The number of rotatable bonds is 4. The van der Waals surface area contributed by atoms with E-state index in [1.165, 1.54) is 24.8 Å². The van der Waals surface area contributed by atoms with Crippen LogP contribution in [-0.4, -0.2) is 45.5 Å². The van der Waals surface area contributed by atoms with Crippen molar-refractivity contribution in [2.45, 2.75) is 43.9 Å². The molecule has 27 heavy (non-hydrogen) atoms. The van der Waals surface area contributed by atoms with Gasteiger partial charge >= 0.3 is 6.03 Å². The van der Waals surface area contributed by atoms with E-state index in [1.807, 2.05) is 18.1 Å². The summed E-state index contributed by atoms with van der Waals surface area (Å²) in [6.45, 7) is 1.33. The summed E-state index contributed by atoms with van der Waals surface area (Å²) in [5.41, 5.74) is 3.09. The first kappa shape index (κ1) is 18.5. The fourth-order valence-corrected chi connectivity index (χ4v) is 5.28. The molecule has 2 amide bonds. The first-order valence-electron chi connectivity index (χ1n) is 9.88. The Morgan fingerprint density at radius 1 is 1.33 bits per heavy atom. The summed E-state index contributed by atoms with van der Waals surface area (Å²) in [6, 6.07) is 2.01. The molecule has 2 fully saturated rings. The van der Waals surface area contributed by atoms with E-state index in [0.29, 0.717) is 19.0 Å². The number of carbonyl (C=O) groups is 1. The molecule has 0 spiro atoms. The Morgan fingerprint density at radius 2 is 2.15 bits per heavy atom. The summed E-state index contributed by atoms with van der Waals surface area (Å²) in [6.07, 6.45) is 7.98. The first-order valence-corrected chi connectivity index (χ1v) is 10.8. The maximum Gasteiger partial charge on any atom is 0.321 e. The molecule has 2 atom stereocenters. The second-order valence-electron chi connectivity index (χ2n) is 7.88. The summed E-state index contributed by atoms with van der Waals surface area (Å²) in [5, 5.41) is 21.7. The largest absolute Gasteiger partial charge is 0.396 e. The number of aliphatic hydroxyl groups is 1. The number of thiophene rings is 1. The van der Waals surface area contributed by atoms with Gasteiger partial charge in [-0.05, 0) is 35.2 Å². The summed E-state index contributed by atoms with van der Waals surface area (Å²) >= 11 is 1.66. The molecule has 0 aromatic carbocycles. The summed E-state index contributed by atoms with van der Waals surface area (Å²) < 4.78 is 1.80. The number of aryl methyl sites for hydroxylation is 1. The molecule has 3 heterocycles. The third-order valence-electron chi connectivity index (χ3n) is 6.02. The molecule has 7 heteroatoms. The quantitative estimate of drug-likeness (QED) is 0.838.